The van der Waals surface area contributed by atoms with Gasteiger partial charge in [-0.25, -0.2) is 0 Å². The van der Waals surface area contributed by atoms with Crippen LogP contribution in [0.1, 0.15) is 25.3 Å². The highest BCUT2D eigenvalue weighted by molar-refractivity contribution is 5.75. The Balaban J connectivity index is 2.23. The molecule has 0 radical (unpaired) electrons. The van der Waals surface area contributed by atoms with Gasteiger partial charge in [-0.15, -0.1) is 0 Å². The van der Waals surface area contributed by atoms with Crippen molar-refractivity contribution < 1.29 is 15.0 Å². The Kier molecular flexibility index (Phi) is 6.00. The number of carbonyl (C=O) groups excluding carboxylic acids is 1. The molecule has 1 aromatic carbocycles. The van der Waals surface area contributed by atoms with E-state index < -0.39 is 0 Å². The minimum absolute atomic E-state index is 0.0271. The van der Waals surface area contributed by atoms with Gasteiger partial charge in [-0.1, -0.05) is 13.0 Å². The Morgan fingerprint density at radius 1 is 1.28 bits per heavy atom. The zero-order chi connectivity index (χ0) is 13.4. The van der Waals surface area contributed by atoms with Crippen molar-refractivity contribution in [3.63, 3.8) is 0 Å². The lowest BCUT2D eigenvalue weighted by molar-refractivity contribution is -0.120. The normalized spacial score (nSPS) is 10.3. The molecule has 0 saturated heterocycles. The van der Waals surface area contributed by atoms with Gasteiger partial charge < -0.3 is 20.8 Å². The van der Waals surface area contributed by atoms with Gasteiger partial charge >= 0.3 is 0 Å². The molecular weight excluding hydrogens is 232 g/mol. The first-order valence-electron chi connectivity index (χ1n) is 6.11. The second kappa shape index (κ2) is 7.55. The summed E-state index contributed by atoms with van der Waals surface area (Å²) in [5, 5.41) is 24.5. The van der Waals surface area contributed by atoms with Crippen LogP contribution < -0.4 is 10.6 Å². The summed E-state index contributed by atoms with van der Waals surface area (Å²) < 4.78 is 0. The van der Waals surface area contributed by atoms with Crippen molar-refractivity contribution in [1.29, 1.82) is 0 Å². The number of benzene rings is 1. The van der Waals surface area contributed by atoms with Gasteiger partial charge in [0.2, 0.25) is 5.91 Å². The minimum atomic E-state index is 0.0271. The fourth-order valence-corrected chi connectivity index (χ4v) is 1.48. The highest BCUT2D eigenvalue weighted by Crippen LogP contribution is 2.21. The van der Waals surface area contributed by atoms with Crippen LogP contribution in [-0.4, -0.2) is 29.2 Å². The maximum absolute atomic E-state index is 11.3. The van der Waals surface area contributed by atoms with Crippen molar-refractivity contribution in [3.05, 3.63) is 23.8 Å². The maximum atomic E-state index is 11.3. The smallest absolute Gasteiger partial charge is 0.221 e. The fourth-order valence-electron chi connectivity index (χ4n) is 1.48. The third-order valence-corrected chi connectivity index (χ3v) is 2.49. The lowest BCUT2D eigenvalue weighted by atomic mass is 10.2. The first-order valence-corrected chi connectivity index (χ1v) is 6.11. The van der Waals surface area contributed by atoms with Crippen LogP contribution in [0.2, 0.25) is 0 Å². The molecule has 0 aliphatic rings. The highest BCUT2D eigenvalue weighted by Gasteiger charge is 2.03. The number of hydrogen-bond acceptors (Lipinski definition) is 4. The number of hydrogen-bond donors (Lipinski definition) is 4. The number of nitrogens with one attached hydrogen (secondary N) is 2. The summed E-state index contributed by atoms with van der Waals surface area (Å²) in [5.74, 6) is 0.118. The number of amides is 1. The number of rotatable bonds is 7. The van der Waals surface area contributed by atoms with Gasteiger partial charge in [0.1, 0.15) is 11.5 Å². The van der Waals surface area contributed by atoms with Gasteiger partial charge in [-0.3, -0.25) is 4.79 Å². The number of carbonyl (C=O) groups is 1. The van der Waals surface area contributed by atoms with E-state index in [1.54, 1.807) is 6.07 Å². The average Bonchev–Trinajstić information content (AvgIpc) is 2.34. The second-order valence-corrected chi connectivity index (χ2v) is 4.09. The van der Waals surface area contributed by atoms with Crippen molar-refractivity contribution >= 4 is 5.91 Å². The van der Waals surface area contributed by atoms with E-state index >= 15 is 0 Å². The van der Waals surface area contributed by atoms with Crippen molar-refractivity contribution in [2.45, 2.75) is 26.3 Å². The molecule has 5 heteroatoms. The molecule has 0 aliphatic carbocycles. The topological polar surface area (TPSA) is 81.6 Å². The Labute approximate surface area is 107 Å². The Hall–Kier alpha value is -1.75. The molecule has 0 unspecified atom stereocenters. The zero-order valence-electron chi connectivity index (χ0n) is 10.6. The van der Waals surface area contributed by atoms with Crippen LogP contribution in [-0.2, 0) is 11.3 Å². The molecule has 0 spiro atoms. The molecule has 4 N–H and O–H groups in total. The van der Waals surface area contributed by atoms with Crippen LogP contribution in [0.3, 0.4) is 0 Å². The Morgan fingerprint density at radius 2 is 2.06 bits per heavy atom. The molecule has 0 heterocycles. The molecule has 0 aromatic heterocycles. The van der Waals surface area contributed by atoms with Crippen molar-refractivity contribution in [2.24, 2.45) is 0 Å². The molecule has 100 valence electrons. The Bertz CT molecular complexity index is 394. The van der Waals surface area contributed by atoms with Gasteiger partial charge in [-0.2, -0.15) is 0 Å². The predicted octanol–water partition coefficient (Wildman–Crippen LogP) is 1.10. The monoisotopic (exact) mass is 252 g/mol. The number of phenolic OH excluding ortho intramolecular Hbond substituents is 2. The van der Waals surface area contributed by atoms with E-state index in [0.29, 0.717) is 31.6 Å². The molecule has 0 aliphatic heterocycles. The molecule has 1 rings (SSSR count). The molecule has 18 heavy (non-hydrogen) atoms. The lowest BCUT2D eigenvalue weighted by Crippen LogP contribution is -2.28. The van der Waals surface area contributed by atoms with Gasteiger partial charge in [0.05, 0.1) is 0 Å². The third kappa shape index (κ3) is 5.05. The fraction of sp³-hybridized carbons (Fsp3) is 0.462. The van der Waals surface area contributed by atoms with Crippen LogP contribution in [0.25, 0.3) is 0 Å². The zero-order valence-corrected chi connectivity index (χ0v) is 10.6. The van der Waals surface area contributed by atoms with Crippen LogP contribution in [0.5, 0.6) is 11.5 Å². The molecule has 5 nitrogen and oxygen atoms in total. The third-order valence-electron chi connectivity index (χ3n) is 2.49. The summed E-state index contributed by atoms with van der Waals surface area (Å²) in [4.78, 5) is 11.3. The summed E-state index contributed by atoms with van der Waals surface area (Å²) >= 11 is 0. The standard InChI is InChI=1S/C13H20N2O3/c1-2-6-15-13(18)5-7-14-9-10-3-4-11(16)8-12(10)17/h3-4,8,14,16-17H,2,5-7,9H2,1H3,(H,15,18). The molecule has 0 bridgehead atoms. The van der Waals surface area contributed by atoms with E-state index in [0.717, 1.165) is 6.42 Å². The molecule has 1 aromatic rings. The molecular formula is C13H20N2O3. The summed E-state index contributed by atoms with van der Waals surface area (Å²) in [5.41, 5.74) is 0.696. The van der Waals surface area contributed by atoms with E-state index in [-0.39, 0.29) is 17.4 Å². The van der Waals surface area contributed by atoms with E-state index in [4.69, 9.17) is 5.11 Å². The van der Waals surface area contributed by atoms with E-state index in [9.17, 15) is 9.90 Å². The second-order valence-electron chi connectivity index (χ2n) is 4.09. The maximum Gasteiger partial charge on any atom is 0.221 e. The van der Waals surface area contributed by atoms with Gasteiger partial charge in [-0.05, 0) is 12.5 Å². The average molecular weight is 252 g/mol. The van der Waals surface area contributed by atoms with Gasteiger partial charge in [0.25, 0.3) is 0 Å². The van der Waals surface area contributed by atoms with Crippen LogP contribution in [0, 0.1) is 0 Å². The van der Waals surface area contributed by atoms with Crippen molar-refractivity contribution in [1.82, 2.24) is 10.6 Å². The lowest BCUT2D eigenvalue weighted by Gasteiger charge is -2.07. The minimum Gasteiger partial charge on any atom is -0.508 e. The largest absolute Gasteiger partial charge is 0.508 e. The highest BCUT2D eigenvalue weighted by atomic mass is 16.3. The summed E-state index contributed by atoms with van der Waals surface area (Å²) in [6.45, 7) is 3.73. The summed E-state index contributed by atoms with van der Waals surface area (Å²) in [6, 6.07) is 4.46. The van der Waals surface area contributed by atoms with E-state index in [1.807, 2.05) is 6.92 Å². The van der Waals surface area contributed by atoms with Crippen LogP contribution in [0.15, 0.2) is 18.2 Å². The van der Waals surface area contributed by atoms with Crippen LogP contribution in [0.4, 0.5) is 0 Å². The van der Waals surface area contributed by atoms with E-state index in [2.05, 4.69) is 10.6 Å². The number of aromatic hydroxyl groups is 2. The van der Waals surface area contributed by atoms with Crippen molar-refractivity contribution in [2.75, 3.05) is 13.1 Å². The van der Waals surface area contributed by atoms with Crippen LogP contribution >= 0.6 is 0 Å². The molecule has 0 atom stereocenters. The molecule has 0 saturated carbocycles. The predicted molar refractivity (Wildman–Crippen MR) is 69.4 cm³/mol. The summed E-state index contributed by atoms with van der Waals surface area (Å²) in [7, 11) is 0. The first kappa shape index (κ1) is 14.3. The molecule has 0 fully saturated rings. The SMILES string of the molecule is CCCNC(=O)CCNCc1ccc(O)cc1O. The van der Waals surface area contributed by atoms with Crippen molar-refractivity contribution in [3.8, 4) is 11.5 Å². The first-order chi connectivity index (χ1) is 8.63. The van der Waals surface area contributed by atoms with E-state index in [1.165, 1.54) is 12.1 Å². The quantitative estimate of drug-likeness (QED) is 0.548. The summed E-state index contributed by atoms with van der Waals surface area (Å²) in [6.07, 6.45) is 1.35. The van der Waals surface area contributed by atoms with Gasteiger partial charge in [0.15, 0.2) is 0 Å². The molecule has 1 amide bonds. The number of phenols is 2. The van der Waals surface area contributed by atoms with Gasteiger partial charge in [0, 0.05) is 37.7 Å². The Morgan fingerprint density at radius 3 is 2.72 bits per heavy atom.